The van der Waals surface area contributed by atoms with Crippen molar-refractivity contribution in [1.29, 1.82) is 0 Å². The first-order valence-electron chi connectivity index (χ1n) is 7.66. The topological polar surface area (TPSA) is 76.7 Å². The molecule has 0 saturated heterocycles. The lowest BCUT2D eigenvalue weighted by Gasteiger charge is -2.14. The SMILES string of the molecule is COC(=O)/C=C(\Nc1ccccc1OC)C(=O)NCc1ccccc1. The number of ether oxygens (including phenoxy) is 2. The van der Waals surface area contributed by atoms with Gasteiger partial charge in [0.1, 0.15) is 11.4 Å². The van der Waals surface area contributed by atoms with Gasteiger partial charge in [0.15, 0.2) is 0 Å². The number of benzene rings is 2. The van der Waals surface area contributed by atoms with Gasteiger partial charge in [0.2, 0.25) is 0 Å². The minimum absolute atomic E-state index is 0.0623. The first-order chi connectivity index (χ1) is 12.1. The Morgan fingerprint density at radius 3 is 2.36 bits per heavy atom. The molecule has 0 saturated carbocycles. The molecule has 0 heterocycles. The molecule has 6 heteroatoms. The third kappa shape index (κ3) is 5.39. The molecule has 0 fully saturated rings. The lowest BCUT2D eigenvalue weighted by Crippen LogP contribution is -2.28. The summed E-state index contributed by atoms with van der Waals surface area (Å²) in [7, 11) is 2.78. The monoisotopic (exact) mass is 340 g/mol. The summed E-state index contributed by atoms with van der Waals surface area (Å²) in [4.78, 5) is 24.1. The van der Waals surface area contributed by atoms with Crippen molar-refractivity contribution in [2.24, 2.45) is 0 Å². The van der Waals surface area contributed by atoms with Crippen LogP contribution in [0.3, 0.4) is 0 Å². The van der Waals surface area contributed by atoms with E-state index in [9.17, 15) is 9.59 Å². The van der Waals surface area contributed by atoms with E-state index < -0.39 is 11.9 Å². The van der Waals surface area contributed by atoms with Crippen molar-refractivity contribution in [3.63, 3.8) is 0 Å². The molecule has 0 spiro atoms. The molecule has 130 valence electrons. The number of hydrogen-bond donors (Lipinski definition) is 2. The average Bonchev–Trinajstić information content (AvgIpc) is 2.66. The molecule has 2 aromatic rings. The second kappa shape index (κ2) is 9.12. The molecule has 2 N–H and O–H groups in total. The predicted octanol–water partition coefficient (Wildman–Crippen LogP) is 2.48. The Hall–Kier alpha value is -3.28. The van der Waals surface area contributed by atoms with Crippen LogP contribution < -0.4 is 15.4 Å². The molecule has 0 atom stereocenters. The van der Waals surface area contributed by atoms with Gasteiger partial charge >= 0.3 is 5.97 Å². The maximum absolute atomic E-state index is 12.5. The predicted molar refractivity (Wildman–Crippen MR) is 95.0 cm³/mol. The van der Waals surface area contributed by atoms with Crippen LogP contribution in [0.4, 0.5) is 5.69 Å². The fraction of sp³-hybridized carbons (Fsp3) is 0.158. The maximum Gasteiger partial charge on any atom is 0.332 e. The number of carbonyl (C=O) groups is 2. The molecule has 2 aromatic carbocycles. The molecule has 0 radical (unpaired) electrons. The van der Waals surface area contributed by atoms with Gasteiger partial charge in [0.25, 0.3) is 5.91 Å². The molecule has 1 amide bonds. The first-order valence-corrected chi connectivity index (χ1v) is 7.66. The van der Waals surface area contributed by atoms with Crippen LogP contribution in [-0.4, -0.2) is 26.1 Å². The third-order valence-corrected chi connectivity index (χ3v) is 3.38. The number of methoxy groups -OCH3 is 2. The summed E-state index contributed by atoms with van der Waals surface area (Å²) in [6, 6.07) is 16.6. The van der Waals surface area contributed by atoms with E-state index in [-0.39, 0.29) is 5.70 Å². The van der Waals surface area contributed by atoms with E-state index in [2.05, 4.69) is 15.4 Å². The molecular formula is C19H20N2O4. The van der Waals surface area contributed by atoms with Gasteiger partial charge < -0.3 is 20.1 Å². The van der Waals surface area contributed by atoms with Crippen LogP contribution in [0.1, 0.15) is 5.56 Å². The number of anilines is 1. The maximum atomic E-state index is 12.5. The number of esters is 1. The highest BCUT2D eigenvalue weighted by Gasteiger charge is 2.14. The molecular weight excluding hydrogens is 320 g/mol. The van der Waals surface area contributed by atoms with E-state index in [0.717, 1.165) is 11.6 Å². The largest absolute Gasteiger partial charge is 0.495 e. The summed E-state index contributed by atoms with van der Waals surface area (Å²) in [6.07, 6.45) is 1.10. The molecule has 0 aliphatic rings. The zero-order valence-corrected chi connectivity index (χ0v) is 14.1. The summed E-state index contributed by atoms with van der Waals surface area (Å²) >= 11 is 0. The molecule has 0 aromatic heterocycles. The molecule has 6 nitrogen and oxygen atoms in total. The number of nitrogens with one attached hydrogen (secondary N) is 2. The Balaban J connectivity index is 2.16. The second-order valence-electron chi connectivity index (χ2n) is 5.07. The van der Waals surface area contributed by atoms with Gasteiger partial charge in [0, 0.05) is 6.54 Å². The minimum atomic E-state index is -0.632. The van der Waals surface area contributed by atoms with Crippen molar-refractivity contribution in [3.05, 3.63) is 71.9 Å². The van der Waals surface area contributed by atoms with Crippen LogP contribution >= 0.6 is 0 Å². The molecule has 0 aliphatic carbocycles. The highest BCUT2D eigenvalue weighted by atomic mass is 16.5. The van der Waals surface area contributed by atoms with Gasteiger partial charge in [-0.15, -0.1) is 0 Å². The molecule has 0 bridgehead atoms. The van der Waals surface area contributed by atoms with E-state index >= 15 is 0 Å². The number of carbonyl (C=O) groups excluding carboxylic acids is 2. The van der Waals surface area contributed by atoms with Crippen LogP contribution in [0.25, 0.3) is 0 Å². The normalized spacial score (nSPS) is 10.7. The van der Waals surface area contributed by atoms with E-state index in [0.29, 0.717) is 18.0 Å². The fourth-order valence-electron chi connectivity index (χ4n) is 2.10. The van der Waals surface area contributed by atoms with Gasteiger partial charge in [-0.25, -0.2) is 4.79 Å². The van der Waals surface area contributed by atoms with E-state index in [4.69, 9.17) is 4.74 Å². The Morgan fingerprint density at radius 2 is 1.68 bits per heavy atom. The number of hydrogen-bond acceptors (Lipinski definition) is 5. The standard InChI is InChI=1S/C19H20N2O4/c1-24-17-11-7-6-10-15(17)21-16(12-18(22)25-2)19(23)20-13-14-8-4-3-5-9-14/h3-12,21H,13H2,1-2H3,(H,20,23)/b16-12-. The smallest absolute Gasteiger partial charge is 0.332 e. The second-order valence-corrected chi connectivity index (χ2v) is 5.07. The van der Waals surface area contributed by atoms with Gasteiger partial charge in [0.05, 0.1) is 26.0 Å². The van der Waals surface area contributed by atoms with Crippen molar-refractivity contribution >= 4 is 17.6 Å². The summed E-state index contributed by atoms with van der Waals surface area (Å²) in [5, 5.41) is 5.69. The van der Waals surface area contributed by atoms with Crippen molar-refractivity contribution in [1.82, 2.24) is 5.32 Å². The zero-order valence-electron chi connectivity index (χ0n) is 14.1. The van der Waals surface area contributed by atoms with Crippen molar-refractivity contribution in [2.45, 2.75) is 6.54 Å². The highest BCUT2D eigenvalue weighted by Crippen LogP contribution is 2.24. The zero-order chi connectivity index (χ0) is 18.1. The Morgan fingerprint density at radius 1 is 1.00 bits per heavy atom. The van der Waals surface area contributed by atoms with Crippen molar-refractivity contribution < 1.29 is 19.1 Å². The first kappa shape index (κ1) is 18.1. The average molecular weight is 340 g/mol. The summed E-state index contributed by atoms with van der Waals surface area (Å²) in [6.45, 7) is 0.339. The van der Waals surface area contributed by atoms with Crippen LogP contribution in [0.5, 0.6) is 5.75 Å². The molecule has 2 rings (SSSR count). The minimum Gasteiger partial charge on any atom is -0.495 e. The molecule has 25 heavy (non-hydrogen) atoms. The molecule has 0 unspecified atom stereocenters. The van der Waals surface area contributed by atoms with Crippen molar-refractivity contribution in [2.75, 3.05) is 19.5 Å². The van der Waals surface area contributed by atoms with Gasteiger partial charge in [-0.05, 0) is 17.7 Å². The van der Waals surface area contributed by atoms with E-state index in [1.165, 1.54) is 14.2 Å². The van der Waals surface area contributed by atoms with Gasteiger partial charge in [-0.3, -0.25) is 4.79 Å². The lowest BCUT2D eigenvalue weighted by atomic mass is 10.2. The Kier molecular flexibility index (Phi) is 6.59. The molecule has 0 aliphatic heterocycles. The quantitative estimate of drug-likeness (QED) is 0.598. The van der Waals surface area contributed by atoms with Crippen molar-refractivity contribution in [3.8, 4) is 5.75 Å². The van der Waals surface area contributed by atoms with Crippen LogP contribution in [0, 0.1) is 0 Å². The van der Waals surface area contributed by atoms with E-state index in [1.54, 1.807) is 18.2 Å². The number of para-hydroxylation sites is 2. The summed E-state index contributed by atoms with van der Waals surface area (Å²) in [5.74, 6) is -0.512. The van der Waals surface area contributed by atoms with E-state index in [1.807, 2.05) is 36.4 Å². The van der Waals surface area contributed by atoms with Gasteiger partial charge in [-0.1, -0.05) is 42.5 Å². The number of amides is 1. The number of rotatable bonds is 7. The van der Waals surface area contributed by atoms with Crippen LogP contribution in [-0.2, 0) is 20.9 Å². The fourth-order valence-corrected chi connectivity index (χ4v) is 2.10. The Labute approximate surface area is 146 Å². The lowest BCUT2D eigenvalue weighted by molar-refractivity contribution is -0.135. The van der Waals surface area contributed by atoms with Crippen LogP contribution in [0.15, 0.2) is 66.4 Å². The van der Waals surface area contributed by atoms with Crippen LogP contribution in [0.2, 0.25) is 0 Å². The third-order valence-electron chi connectivity index (χ3n) is 3.38. The summed E-state index contributed by atoms with van der Waals surface area (Å²) in [5.41, 5.74) is 1.58. The summed E-state index contributed by atoms with van der Waals surface area (Å²) < 4.78 is 9.87. The highest BCUT2D eigenvalue weighted by molar-refractivity contribution is 6.02. The Bertz CT molecular complexity index is 757. The van der Waals surface area contributed by atoms with Gasteiger partial charge in [-0.2, -0.15) is 0 Å².